The molecule has 1 atom stereocenters. The highest BCUT2D eigenvalue weighted by Crippen LogP contribution is 2.29. The van der Waals surface area contributed by atoms with Crippen LogP contribution in [0.3, 0.4) is 0 Å². The molecule has 0 aliphatic carbocycles. The van der Waals surface area contributed by atoms with E-state index < -0.39 is 12.2 Å². The molecule has 4 amide bonds. The number of hydrogen-bond acceptors (Lipinski definition) is 7. The molecule has 3 fully saturated rings. The lowest BCUT2D eigenvalue weighted by Gasteiger charge is -2.43. The number of anilines is 1. The number of benzene rings is 2. The molecule has 2 aromatic carbocycles. The number of piperidine rings is 2. The Balaban J connectivity index is 1.00. The van der Waals surface area contributed by atoms with Gasteiger partial charge < -0.3 is 29.7 Å². The number of urea groups is 1. The molecule has 7 rings (SSSR count). The summed E-state index contributed by atoms with van der Waals surface area (Å²) in [5.74, 6) is -0.177. The van der Waals surface area contributed by atoms with Crippen molar-refractivity contribution in [1.82, 2.24) is 34.7 Å². The Morgan fingerprint density at radius 2 is 1.68 bits per heavy atom. The van der Waals surface area contributed by atoms with Crippen molar-refractivity contribution < 1.29 is 19.1 Å². The molecule has 1 unspecified atom stereocenters. The number of piperazine rings is 1. The van der Waals surface area contributed by atoms with E-state index >= 15 is 0 Å². The summed E-state index contributed by atoms with van der Waals surface area (Å²) in [5, 5.41) is 11.3. The second-order valence-electron chi connectivity index (χ2n) is 13.3. The lowest BCUT2D eigenvalue weighted by Crippen LogP contribution is -2.56. The fourth-order valence-corrected chi connectivity index (χ4v) is 7.82. The Morgan fingerprint density at radius 3 is 2.45 bits per heavy atom. The van der Waals surface area contributed by atoms with Gasteiger partial charge in [-0.3, -0.25) is 14.8 Å². The van der Waals surface area contributed by atoms with Gasteiger partial charge in [-0.25, -0.2) is 9.59 Å². The molecule has 250 valence electrons. The molecule has 0 saturated carbocycles. The molecule has 12 nitrogen and oxygen atoms in total. The van der Waals surface area contributed by atoms with Crippen molar-refractivity contribution >= 4 is 46.2 Å². The summed E-state index contributed by atoms with van der Waals surface area (Å²) in [7, 11) is 2.17. The number of aromatic amines is 1. The number of hydrogen-bond donors (Lipinski definition) is 2. The van der Waals surface area contributed by atoms with Gasteiger partial charge in [-0.05, 0) is 75.1 Å². The lowest BCUT2D eigenvalue weighted by atomic mass is 10.0. The summed E-state index contributed by atoms with van der Waals surface area (Å²) in [6.07, 6.45) is 3.98. The van der Waals surface area contributed by atoms with Crippen molar-refractivity contribution in [3.8, 4) is 0 Å². The molecule has 47 heavy (non-hydrogen) atoms. The molecule has 0 bridgehead atoms. The van der Waals surface area contributed by atoms with E-state index in [1.807, 2.05) is 46.2 Å². The molecule has 3 saturated heterocycles. The van der Waals surface area contributed by atoms with E-state index in [4.69, 9.17) is 16.3 Å². The summed E-state index contributed by atoms with van der Waals surface area (Å²) < 4.78 is 6.06. The number of fused-ring (bicyclic) bond motifs is 2. The first-order chi connectivity index (χ1) is 22.8. The summed E-state index contributed by atoms with van der Waals surface area (Å²) >= 11 is 6.53. The summed E-state index contributed by atoms with van der Waals surface area (Å²) in [4.78, 5) is 50.8. The van der Waals surface area contributed by atoms with E-state index in [1.165, 1.54) is 0 Å². The largest absolute Gasteiger partial charge is 0.436 e. The van der Waals surface area contributed by atoms with Crippen LogP contribution in [-0.4, -0.2) is 130 Å². The van der Waals surface area contributed by atoms with Crippen LogP contribution in [0.2, 0.25) is 5.02 Å². The number of ether oxygens (including phenoxy) is 1. The Bertz CT molecular complexity index is 1610. The first kappa shape index (κ1) is 31.7. The van der Waals surface area contributed by atoms with Crippen molar-refractivity contribution in [2.75, 3.05) is 64.7 Å². The maximum Gasteiger partial charge on any atom is 0.410 e. The standard InChI is InChI=1S/C34H43ClN8O4/c1-39-10-6-26(7-11-39)40-14-16-41(17-15-40)32(44)30(20-23-18-25-21-36-38-31(25)28(35)19-23)47-34(46)42-12-8-27(9-13-42)43-22-24-4-2-3-5-29(24)37-33(43)45/h2-5,18-19,21,26-27,30H,6-17,20,22H2,1H3,(H,36,38)(H,37,45). The van der Waals surface area contributed by atoms with Crippen LogP contribution in [0.15, 0.2) is 42.6 Å². The zero-order valence-corrected chi connectivity index (χ0v) is 27.6. The maximum absolute atomic E-state index is 14.0. The molecule has 0 radical (unpaired) electrons. The Kier molecular flexibility index (Phi) is 9.24. The number of aromatic nitrogens is 2. The van der Waals surface area contributed by atoms with Gasteiger partial charge in [0, 0.05) is 75.4 Å². The molecule has 3 aromatic rings. The molecule has 4 aliphatic rings. The van der Waals surface area contributed by atoms with Crippen LogP contribution in [0.1, 0.15) is 36.8 Å². The number of nitrogens with zero attached hydrogens (tertiary/aromatic N) is 6. The normalized spacial score (nSPS) is 21.1. The highest BCUT2D eigenvalue weighted by Gasteiger charge is 2.36. The number of nitrogens with one attached hydrogen (secondary N) is 2. The third-order valence-corrected chi connectivity index (χ3v) is 10.7. The van der Waals surface area contributed by atoms with Crippen LogP contribution in [0.25, 0.3) is 10.9 Å². The number of carbonyl (C=O) groups excluding carboxylic acids is 3. The van der Waals surface area contributed by atoms with E-state index in [2.05, 4.69) is 32.4 Å². The number of halogens is 1. The Labute approximate surface area is 279 Å². The Hall–Kier alpha value is -3.87. The molecule has 1 aromatic heterocycles. The fraction of sp³-hybridized carbons (Fsp3) is 0.529. The zero-order chi connectivity index (χ0) is 32.5. The first-order valence-corrected chi connectivity index (χ1v) is 17.1. The maximum atomic E-state index is 14.0. The Morgan fingerprint density at radius 1 is 0.957 bits per heavy atom. The summed E-state index contributed by atoms with van der Waals surface area (Å²) in [6.45, 7) is 6.47. The molecule has 4 aliphatic heterocycles. The van der Waals surface area contributed by atoms with E-state index in [9.17, 15) is 14.4 Å². The third-order valence-electron chi connectivity index (χ3n) is 10.4. The van der Waals surface area contributed by atoms with Crippen LogP contribution in [-0.2, 0) is 22.5 Å². The van der Waals surface area contributed by atoms with Crippen molar-refractivity contribution in [3.63, 3.8) is 0 Å². The predicted molar refractivity (Wildman–Crippen MR) is 179 cm³/mol. The van der Waals surface area contributed by atoms with Crippen LogP contribution >= 0.6 is 11.6 Å². The first-order valence-electron chi connectivity index (χ1n) is 16.8. The molecule has 2 N–H and O–H groups in total. The van der Waals surface area contributed by atoms with Crippen LogP contribution in [0, 0.1) is 0 Å². The average Bonchev–Trinajstić information content (AvgIpc) is 3.57. The lowest BCUT2D eigenvalue weighted by molar-refractivity contribution is -0.143. The smallest absolute Gasteiger partial charge is 0.410 e. The zero-order valence-electron chi connectivity index (χ0n) is 26.9. The SMILES string of the molecule is CN1CCC(N2CCN(C(=O)C(Cc3cc(Cl)c4[nH]ncc4c3)OC(=O)N3CCC(N4Cc5ccccc5NC4=O)CC3)CC2)CC1. The molecular formula is C34H43ClN8O4. The van der Waals surface area contributed by atoms with Crippen LogP contribution in [0.5, 0.6) is 0 Å². The van der Waals surface area contributed by atoms with Gasteiger partial charge in [-0.2, -0.15) is 5.10 Å². The van der Waals surface area contributed by atoms with Gasteiger partial charge in [0.15, 0.2) is 6.10 Å². The minimum Gasteiger partial charge on any atom is -0.436 e. The molecule has 5 heterocycles. The van der Waals surface area contributed by atoms with Gasteiger partial charge in [0.1, 0.15) is 0 Å². The minimum atomic E-state index is -0.986. The van der Waals surface area contributed by atoms with Crippen molar-refractivity contribution in [1.29, 1.82) is 0 Å². The van der Waals surface area contributed by atoms with Gasteiger partial charge in [0.25, 0.3) is 5.91 Å². The highest BCUT2D eigenvalue weighted by atomic mass is 35.5. The molecule has 13 heteroatoms. The quantitative estimate of drug-likeness (QED) is 0.410. The van der Waals surface area contributed by atoms with Crippen molar-refractivity contribution in [2.45, 2.75) is 56.8 Å². The van der Waals surface area contributed by atoms with Crippen molar-refractivity contribution in [3.05, 3.63) is 58.7 Å². The fourth-order valence-electron chi connectivity index (χ4n) is 7.53. The van der Waals surface area contributed by atoms with E-state index in [-0.39, 0.29) is 24.4 Å². The van der Waals surface area contributed by atoms with E-state index in [1.54, 1.807) is 11.1 Å². The predicted octanol–water partition coefficient (Wildman–Crippen LogP) is 4.01. The topological polar surface area (TPSA) is 117 Å². The number of likely N-dealkylation sites (tertiary alicyclic amines) is 2. The number of rotatable bonds is 6. The number of para-hydroxylation sites is 1. The minimum absolute atomic E-state index is 0.00882. The highest BCUT2D eigenvalue weighted by molar-refractivity contribution is 6.35. The average molecular weight is 663 g/mol. The van der Waals surface area contributed by atoms with E-state index in [0.29, 0.717) is 56.6 Å². The third kappa shape index (κ3) is 6.90. The summed E-state index contributed by atoms with van der Waals surface area (Å²) in [6, 6.07) is 12.0. The van der Waals surface area contributed by atoms with Gasteiger partial charge >= 0.3 is 12.1 Å². The second-order valence-corrected chi connectivity index (χ2v) is 13.7. The van der Waals surface area contributed by atoms with E-state index in [0.717, 1.165) is 66.7 Å². The second kappa shape index (κ2) is 13.7. The van der Waals surface area contributed by atoms with Crippen molar-refractivity contribution in [2.24, 2.45) is 0 Å². The van der Waals surface area contributed by atoms with Gasteiger partial charge in [-0.1, -0.05) is 29.8 Å². The summed E-state index contributed by atoms with van der Waals surface area (Å²) in [5.41, 5.74) is 3.46. The van der Waals surface area contributed by atoms with Crippen LogP contribution in [0.4, 0.5) is 15.3 Å². The van der Waals surface area contributed by atoms with Gasteiger partial charge in [-0.15, -0.1) is 0 Å². The molecule has 0 spiro atoms. The number of H-pyrrole nitrogens is 1. The number of carbonyl (C=O) groups is 3. The number of amides is 4. The van der Waals surface area contributed by atoms with Crippen LogP contribution < -0.4 is 5.32 Å². The van der Waals surface area contributed by atoms with Gasteiger partial charge in [0.05, 0.1) is 16.7 Å². The monoisotopic (exact) mass is 662 g/mol. The molecular weight excluding hydrogens is 620 g/mol. The van der Waals surface area contributed by atoms with Gasteiger partial charge in [0.2, 0.25) is 0 Å².